The van der Waals surface area contributed by atoms with Crippen LogP contribution in [0.3, 0.4) is 0 Å². The maximum Gasteiger partial charge on any atom is 0.246 e. The summed E-state index contributed by atoms with van der Waals surface area (Å²) >= 11 is 0. The number of rotatable bonds is 6. The van der Waals surface area contributed by atoms with Crippen molar-refractivity contribution < 1.29 is 22.7 Å². The van der Waals surface area contributed by atoms with E-state index >= 15 is 0 Å². The Morgan fingerprint density at radius 2 is 1.92 bits per heavy atom. The standard InChI is InChI=1S/C17H25N3O5S/c1-12(17(22)19-9-7-13(8-10-19)16(18)21)20(26(3,23)24)14-5-4-6-15(11-14)25-2/h4-6,11-13H,7-10H2,1-3H3,(H2,18,21). The smallest absolute Gasteiger partial charge is 0.246 e. The number of carbonyl (C=O) groups is 2. The highest BCUT2D eigenvalue weighted by molar-refractivity contribution is 7.92. The van der Waals surface area contributed by atoms with Crippen molar-refractivity contribution in [2.75, 3.05) is 30.8 Å². The highest BCUT2D eigenvalue weighted by Gasteiger charge is 2.34. The van der Waals surface area contributed by atoms with Crippen LogP contribution in [0.25, 0.3) is 0 Å². The van der Waals surface area contributed by atoms with Gasteiger partial charge in [-0.3, -0.25) is 13.9 Å². The van der Waals surface area contributed by atoms with E-state index < -0.39 is 16.1 Å². The normalized spacial score (nSPS) is 16.8. The van der Waals surface area contributed by atoms with Crippen molar-refractivity contribution in [2.24, 2.45) is 11.7 Å². The molecule has 144 valence electrons. The second-order valence-electron chi connectivity index (χ2n) is 6.44. The number of sulfonamides is 1. The lowest BCUT2D eigenvalue weighted by Gasteiger charge is -2.36. The number of methoxy groups -OCH3 is 1. The molecule has 0 spiro atoms. The first-order valence-corrected chi connectivity index (χ1v) is 10.2. The molecule has 9 heteroatoms. The van der Waals surface area contributed by atoms with Gasteiger partial charge in [0.25, 0.3) is 0 Å². The maximum atomic E-state index is 12.9. The van der Waals surface area contributed by atoms with Crippen molar-refractivity contribution in [2.45, 2.75) is 25.8 Å². The van der Waals surface area contributed by atoms with Crippen LogP contribution in [-0.4, -0.2) is 57.6 Å². The van der Waals surface area contributed by atoms with Crippen molar-refractivity contribution in [1.82, 2.24) is 4.90 Å². The molecule has 1 atom stereocenters. The third-order valence-electron chi connectivity index (χ3n) is 4.58. The molecule has 26 heavy (non-hydrogen) atoms. The molecule has 2 amide bonds. The number of piperidine rings is 1. The fraction of sp³-hybridized carbons (Fsp3) is 0.529. The summed E-state index contributed by atoms with van der Waals surface area (Å²) in [4.78, 5) is 25.7. The first kappa shape index (κ1) is 20.0. The minimum absolute atomic E-state index is 0.237. The number of likely N-dealkylation sites (tertiary alicyclic amines) is 1. The number of nitrogens with two attached hydrogens (primary N) is 1. The summed E-state index contributed by atoms with van der Waals surface area (Å²) in [7, 11) is -2.21. The summed E-state index contributed by atoms with van der Waals surface area (Å²) in [6, 6.07) is 5.64. The summed E-state index contributed by atoms with van der Waals surface area (Å²) in [5.41, 5.74) is 5.68. The molecule has 1 unspecified atom stereocenters. The molecule has 2 rings (SSSR count). The molecule has 0 aromatic heterocycles. The van der Waals surface area contributed by atoms with E-state index in [4.69, 9.17) is 10.5 Å². The van der Waals surface area contributed by atoms with Crippen molar-refractivity contribution in [3.63, 3.8) is 0 Å². The number of ether oxygens (including phenoxy) is 1. The number of nitrogens with zero attached hydrogens (tertiary/aromatic N) is 2. The topological polar surface area (TPSA) is 110 Å². The van der Waals surface area contributed by atoms with E-state index in [2.05, 4.69) is 0 Å². The number of amides is 2. The Morgan fingerprint density at radius 3 is 2.42 bits per heavy atom. The number of benzene rings is 1. The zero-order valence-corrected chi connectivity index (χ0v) is 16.0. The van der Waals surface area contributed by atoms with Gasteiger partial charge in [0.05, 0.1) is 19.1 Å². The molecule has 1 aliphatic rings. The number of anilines is 1. The molecule has 0 saturated carbocycles. The molecule has 0 bridgehead atoms. The zero-order valence-electron chi connectivity index (χ0n) is 15.2. The maximum absolute atomic E-state index is 12.9. The van der Waals surface area contributed by atoms with E-state index in [9.17, 15) is 18.0 Å². The molecule has 1 heterocycles. The van der Waals surface area contributed by atoms with Crippen LogP contribution in [0.4, 0.5) is 5.69 Å². The van der Waals surface area contributed by atoms with E-state index in [1.807, 2.05) is 0 Å². The molecule has 1 fully saturated rings. The van der Waals surface area contributed by atoms with Crippen molar-refractivity contribution >= 4 is 27.5 Å². The van der Waals surface area contributed by atoms with Crippen LogP contribution in [0.2, 0.25) is 0 Å². The number of hydrogen-bond acceptors (Lipinski definition) is 5. The van der Waals surface area contributed by atoms with Gasteiger partial charge in [-0.05, 0) is 31.9 Å². The Bertz CT molecular complexity index is 772. The van der Waals surface area contributed by atoms with Gasteiger partial charge in [0.2, 0.25) is 21.8 Å². The summed E-state index contributed by atoms with van der Waals surface area (Å²) in [5.74, 6) is -0.405. The Hall–Kier alpha value is -2.29. The second kappa shape index (κ2) is 7.94. The van der Waals surface area contributed by atoms with Crippen LogP contribution < -0.4 is 14.8 Å². The lowest BCUT2D eigenvalue weighted by atomic mass is 9.96. The lowest BCUT2D eigenvalue weighted by molar-refractivity contribution is -0.135. The van der Waals surface area contributed by atoms with Gasteiger partial charge in [0.15, 0.2) is 0 Å². The fourth-order valence-corrected chi connectivity index (χ4v) is 4.36. The van der Waals surface area contributed by atoms with Gasteiger partial charge in [0.1, 0.15) is 11.8 Å². The Labute approximate surface area is 153 Å². The van der Waals surface area contributed by atoms with Crippen LogP contribution in [0.5, 0.6) is 5.75 Å². The summed E-state index contributed by atoms with van der Waals surface area (Å²) in [6.45, 7) is 2.32. The van der Waals surface area contributed by atoms with Gasteiger partial charge >= 0.3 is 0 Å². The van der Waals surface area contributed by atoms with E-state index in [1.54, 1.807) is 36.1 Å². The predicted molar refractivity (Wildman–Crippen MR) is 98.3 cm³/mol. The summed E-state index contributed by atoms with van der Waals surface area (Å²) in [5, 5.41) is 0. The number of hydrogen-bond donors (Lipinski definition) is 1. The Kier molecular flexibility index (Phi) is 6.12. The third kappa shape index (κ3) is 4.46. The molecular formula is C17H25N3O5S. The molecule has 0 aliphatic carbocycles. The van der Waals surface area contributed by atoms with E-state index in [0.29, 0.717) is 37.4 Å². The molecule has 1 aliphatic heterocycles. The molecular weight excluding hydrogens is 358 g/mol. The monoisotopic (exact) mass is 383 g/mol. The largest absolute Gasteiger partial charge is 0.497 e. The fourth-order valence-electron chi connectivity index (χ4n) is 3.20. The van der Waals surface area contributed by atoms with E-state index in [-0.39, 0.29) is 17.7 Å². The predicted octanol–water partition coefficient (Wildman–Crippen LogP) is 0.574. The van der Waals surface area contributed by atoms with Gasteiger partial charge in [0, 0.05) is 25.1 Å². The van der Waals surface area contributed by atoms with Gasteiger partial charge in [-0.1, -0.05) is 6.07 Å². The van der Waals surface area contributed by atoms with Crippen LogP contribution in [0, 0.1) is 5.92 Å². The van der Waals surface area contributed by atoms with Gasteiger partial charge in [-0.25, -0.2) is 8.42 Å². The molecule has 8 nitrogen and oxygen atoms in total. The van der Waals surface area contributed by atoms with E-state index in [1.165, 1.54) is 7.11 Å². The summed E-state index contributed by atoms with van der Waals surface area (Å²) < 4.78 is 31.0. The highest BCUT2D eigenvalue weighted by Crippen LogP contribution is 2.27. The molecule has 1 aromatic rings. The van der Waals surface area contributed by atoms with Crippen LogP contribution >= 0.6 is 0 Å². The average Bonchev–Trinajstić information content (AvgIpc) is 2.60. The van der Waals surface area contributed by atoms with Crippen molar-refractivity contribution in [3.05, 3.63) is 24.3 Å². The minimum atomic E-state index is -3.69. The SMILES string of the molecule is COc1cccc(N(C(C)C(=O)N2CCC(C(N)=O)CC2)S(C)(=O)=O)c1. The average molecular weight is 383 g/mol. The van der Waals surface area contributed by atoms with Crippen molar-refractivity contribution in [3.8, 4) is 5.75 Å². The highest BCUT2D eigenvalue weighted by atomic mass is 32.2. The van der Waals surface area contributed by atoms with Crippen LogP contribution in [0.15, 0.2) is 24.3 Å². The molecule has 1 aromatic carbocycles. The Balaban J connectivity index is 2.23. The van der Waals surface area contributed by atoms with Crippen LogP contribution in [-0.2, 0) is 19.6 Å². The first-order valence-electron chi connectivity index (χ1n) is 8.36. The summed E-state index contributed by atoms with van der Waals surface area (Å²) in [6.07, 6.45) is 2.05. The third-order valence-corrected chi connectivity index (χ3v) is 5.82. The van der Waals surface area contributed by atoms with Crippen LogP contribution in [0.1, 0.15) is 19.8 Å². The minimum Gasteiger partial charge on any atom is -0.497 e. The van der Waals surface area contributed by atoms with Gasteiger partial charge in [-0.2, -0.15) is 0 Å². The van der Waals surface area contributed by atoms with E-state index in [0.717, 1.165) is 10.6 Å². The molecule has 0 radical (unpaired) electrons. The molecule has 1 saturated heterocycles. The number of carbonyl (C=O) groups excluding carboxylic acids is 2. The zero-order chi connectivity index (χ0) is 19.5. The lowest BCUT2D eigenvalue weighted by Crippen LogP contribution is -2.52. The molecule has 2 N–H and O–H groups in total. The van der Waals surface area contributed by atoms with Crippen molar-refractivity contribution in [1.29, 1.82) is 0 Å². The quantitative estimate of drug-likeness (QED) is 0.772. The second-order valence-corrected chi connectivity index (χ2v) is 8.30. The van der Waals surface area contributed by atoms with Gasteiger partial charge < -0.3 is 15.4 Å². The van der Waals surface area contributed by atoms with Gasteiger partial charge in [-0.15, -0.1) is 0 Å². The number of primary amides is 1. The Morgan fingerprint density at radius 1 is 1.31 bits per heavy atom. The first-order chi connectivity index (χ1) is 12.1.